The van der Waals surface area contributed by atoms with Crippen molar-refractivity contribution in [3.63, 3.8) is 0 Å². The number of benzene rings is 3. The van der Waals surface area contributed by atoms with Gasteiger partial charge < -0.3 is 5.32 Å². The average Bonchev–Trinajstić information content (AvgIpc) is 3.35. The second-order valence-electron chi connectivity index (χ2n) is 7.78. The fourth-order valence-electron chi connectivity index (χ4n) is 5.21. The molecule has 3 atom stereocenters. The van der Waals surface area contributed by atoms with Gasteiger partial charge in [0.05, 0.1) is 17.5 Å². The highest BCUT2D eigenvalue weighted by molar-refractivity contribution is 6.27. The van der Waals surface area contributed by atoms with Gasteiger partial charge in [-0.2, -0.15) is 0 Å². The van der Waals surface area contributed by atoms with Crippen LogP contribution in [-0.4, -0.2) is 24.3 Å². The van der Waals surface area contributed by atoms with Crippen molar-refractivity contribution in [3.05, 3.63) is 72.3 Å². The number of anilines is 2. The SMILES string of the molecule is O=C1[C@@H]2[C@@H](CN[C@@]23C(=O)Nc2ccccc23)C(=O)N1c1cccc2ccccc12. The van der Waals surface area contributed by atoms with Crippen molar-refractivity contribution in [2.45, 2.75) is 5.54 Å². The molecule has 6 nitrogen and oxygen atoms in total. The summed E-state index contributed by atoms with van der Waals surface area (Å²) in [6.45, 7) is 0.290. The summed E-state index contributed by atoms with van der Waals surface area (Å²) in [4.78, 5) is 41.3. The molecule has 3 heterocycles. The molecule has 0 aromatic heterocycles. The van der Waals surface area contributed by atoms with Crippen LogP contribution in [0.3, 0.4) is 0 Å². The predicted octanol–water partition coefficient (Wildman–Crippen LogP) is 2.40. The van der Waals surface area contributed by atoms with E-state index < -0.39 is 17.4 Å². The molecule has 6 rings (SSSR count). The van der Waals surface area contributed by atoms with E-state index in [0.29, 0.717) is 11.4 Å². The zero-order valence-corrected chi connectivity index (χ0v) is 15.4. The highest BCUT2D eigenvalue weighted by Gasteiger charge is 2.67. The minimum atomic E-state index is -1.20. The first-order valence-electron chi connectivity index (χ1n) is 9.64. The summed E-state index contributed by atoms with van der Waals surface area (Å²) in [7, 11) is 0. The fraction of sp³-hybridized carbons (Fsp3) is 0.174. The molecule has 3 aliphatic heterocycles. The van der Waals surface area contributed by atoms with Gasteiger partial charge in [0.15, 0.2) is 0 Å². The second-order valence-corrected chi connectivity index (χ2v) is 7.78. The summed E-state index contributed by atoms with van der Waals surface area (Å²) < 4.78 is 0. The zero-order valence-electron chi connectivity index (χ0n) is 15.4. The third kappa shape index (κ3) is 1.91. The molecule has 6 heteroatoms. The van der Waals surface area contributed by atoms with Gasteiger partial charge in [0.1, 0.15) is 5.54 Å². The smallest absolute Gasteiger partial charge is 0.250 e. The number of fused-ring (bicyclic) bond motifs is 5. The summed E-state index contributed by atoms with van der Waals surface area (Å²) in [5.74, 6) is -2.19. The van der Waals surface area contributed by atoms with Gasteiger partial charge in [-0.1, -0.05) is 54.6 Å². The van der Waals surface area contributed by atoms with Crippen molar-refractivity contribution in [2.75, 3.05) is 16.8 Å². The topological polar surface area (TPSA) is 78.5 Å². The lowest BCUT2D eigenvalue weighted by Gasteiger charge is -2.28. The number of hydrogen-bond acceptors (Lipinski definition) is 4. The summed E-state index contributed by atoms with van der Waals surface area (Å²) in [6, 6.07) is 20.6. The Morgan fingerprint density at radius 3 is 2.52 bits per heavy atom. The molecule has 0 aliphatic carbocycles. The number of nitrogens with zero attached hydrogens (tertiary/aromatic N) is 1. The number of imide groups is 1. The van der Waals surface area contributed by atoms with Gasteiger partial charge in [-0.05, 0) is 17.5 Å². The van der Waals surface area contributed by atoms with Crippen molar-refractivity contribution >= 4 is 39.9 Å². The van der Waals surface area contributed by atoms with Gasteiger partial charge in [0, 0.05) is 23.2 Å². The second kappa shape index (κ2) is 5.52. The first-order chi connectivity index (χ1) is 14.1. The van der Waals surface area contributed by atoms with Crippen molar-refractivity contribution in [2.24, 2.45) is 11.8 Å². The molecular formula is C23H17N3O3. The molecule has 3 aliphatic rings. The van der Waals surface area contributed by atoms with Crippen molar-refractivity contribution in [1.29, 1.82) is 0 Å². The van der Waals surface area contributed by atoms with E-state index in [9.17, 15) is 14.4 Å². The highest BCUT2D eigenvalue weighted by atomic mass is 16.2. The first kappa shape index (κ1) is 16.4. The van der Waals surface area contributed by atoms with Crippen molar-refractivity contribution in [1.82, 2.24) is 5.32 Å². The number of amides is 3. The van der Waals surface area contributed by atoms with Crippen LogP contribution in [0, 0.1) is 11.8 Å². The lowest BCUT2D eigenvalue weighted by molar-refractivity contribution is -0.130. The van der Waals surface area contributed by atoms with Gasteiger partial charge >= 0.3 is 0 Å². The average molecular weight is 383 g/mol. The number of carbonyl (C=O) groups excluding carboxylic acids is 3. The van der Waals surface area contributed by atoms with E-state index in [4.69, 9.17) is 0 Å². The fourth-order valence-corrected chi connectivity index (χ4v) is 5.21. The van der Waals surface area contributed by atoms with Crippen LogP contribution < -0.4 is 15.5 Å². The molecule has 3 aromatic carbocycles. The molecule has 0 bridgehead atoms. The maximum absolute atomic E-state index is 13.6. The normalized spacial score (nSPS) is 27.6. The predicted molar refractivity (Wildman–Crippen MR) is 108 cm³/mol. The van der Waals surface area contributed by atoms with Gasteiger partial charge in [-0.3, -0.25) is 19.7 Å². The Labute approximate surface area is 166 Å². The number of nitrogens with one attached hydrogen (secondary N) is 2. The Kier molecular flexibility index (Phi) is 3.13. The number of carbonyl (C=O) groups is 3. The molecule has 0 radical (unpaired) electrons. The molecule has 2 N–H and O–H groups in total. The maximum Gasteiger partial charge on any atom is 0.250 e. The molecule has 2 fully saturated rings. The molecule has 2 saturated heterocycles. The third-order valence-electron chi connectivity index (χ3n) is 6.46. The Morgan fingerprint density at radius 2 is 1.62 bits per heavy atom. The minimum Gasteiger partial charge on any atom is -0.324 e. The lowest BCUT2D eigenvalue weighted by Crippen LogP contribution is -2.51. The molecule has 3 aromatic rings. The van der Waals surface area contributed by atoms with Crippen molar-refractivity contribution < 1.29 is 14.4 Å². The monoisotopic (exact) mass is 383 g/mol. The molecule has 1 spiro atoms. The Bertz CT molecular complexity index is 1230. The molecular weight excluding hydrogens is 366 g/mol. The highest BCUT2D eigenvalue weighted by Crippen LogP contribution is 2.51. The van der Waals surface area contributed by atoms with Crippen LogP contribution in [0.1, 0.15) is 5.56 Å². The number of para-hydroxylation sites is 1. The Morgan fingerprint density at radius 1 is 0.862 bits per heavy atom. The molecule has 29 heavy (non-hydrogen) atoms. The Hall–Kier alpha value is -3.51. The lowest BCUT2D eigenvalue weighted by atomic mass is 9.77. The van der Waals surface area contributed by atoms with E-state index in [1.54, 1.807) is 6.07 Å². The van der Waals surface area contributed by atoms with Gasteiger partial charge in [-0.25, -0.2) is 4.90 Å². The standard InChI is InChI=1S/C23H17N3O3/c27-20-15-12-24-23(16-9-3-4-10-17(16)25-22(23)29)19(15)21(28)26(20)18-11-5-7-13-6-1-2-8-14(13)18/h1-11,15,19,24H,12H2,(H,25,29)/t15-,19+,23-/m1/s1. The van der Waals surface area contributed by atoms with E-state index in [2.05, 4.69) is 10.6 Å². The van der Waals surface area contributed by atoms with Gasteiger partial charge in [-0.15, -0.1) is 0 Å². The van der Waals surface area contributed by atoms with E-state index in [1.165, 1.54) is 4.90 Å². The summed E-state index contributed by atoms with van der Waals surface area (Å²) >= 11 is 0. The minimum absolute atomic E-state index is 0.252. The van der Waals surface area contributed by atoms with Crippen LogP contribution in [0.2, 0.25) is 0 Å². The quantitative estimate of drug-likeness (QED) is 0.633. The van der Waals surface area contributed by atoms with Crippen LogP contribution in [0.25, 0.3) is 10.8 Å². The largest absolute Gasteiger partial charge is 0.324 e. The molecule has 142 valence electrons. The van der Waals surface area contributed by atoms with Gasteiger partial charge in [0.25, 0.3) is 0 Å². The summed E-state index contributed by atoms with van der Waals surface area (Å²) in [6.07, 6.45) is 0. The first-order valence-corrected chi connectivity index (χ1v) is 9.64. The third-order valence-corrected chi connectivity index (χ3v) is 6.46. The molecule has 0 unspecified atom stereocenters. The van der Waals surface area contributed by atoms with Crippen molar-refractivity contribution in [3.8, 4) is 0 Å². The molecule has 3 amide bonds. The van der Waals surface area contributed by atoms with Crippen LogP contribution in [0.15, 0.2) is 66.7 Å². The van der Waals surface area contributed by atoms with E-state index in [-0.39, 0.29) is 24.3 Å². The van der Waals surface area contributed by atoms with Crippen LogP contribution in [0.5, 0.6) is 0 Å². The van der Waals surface area contributed by atoms with E-state index >= 15 is 0 Å². The number of rotatable bonds is 1. The van der Waals surface area contributed by atoms with E-state index in [0.717, 1.165) is 16.3 Å². The Balaban J connectivity index is 1.52. The maximum atomic E-state index is 13.6. The van der Waals surface area contributed by atoms with E-state index in [1.807, 2.05) is 60.7 Å². The van der Waals surface area contributed by atoms with Crippen LogP contribution in [0.4, 0.5) is 11.4 Å². The van der Waals surface area contributed by atoms with Crippen LogP contribution >= 0.6 is 0 Å². The summed E-state index contributed by atoms with van der Waals surface area (Å²) in [5, 5.41) is 7.91. The summed E-state index contributed by atoms with van der Waals surface area (Å²) in [5.41, 5.74) is 0.801. The van der Waals surface area contributed by atoms with Gasteiger partial charge in [0.2, 0.25) is 17.7 Å². The zero-order chi connectivity index (χ0) is 19.8. The molecule has 0 saturated carbocycles. The number of hydrogen-bond donors (Lipinski definition) is 2. The van der Waals surface area contributed by atoms with Crippen LogP contribution in [-0.2, 0) is 19.9 Å².